The van der Waals surface area contributed by atoms with Gasteiger partial charge in [0.2, 0.25) is 5.88 Å². The molecule has 8 nitrogen and oxygen atoms in total. The van der Waals surface area contributed by atoms with E-state index in [1.807, 2.05) is 62.4 Å². The number of phenols is 1. The Kier molecular flexibility index (Phi) is 5.33. The minimum absolute atomic E-state index is 0.112. The molecular formula is C28H23N5O3. The normalized spacial score (nSPS) is 14.7. The van der Waals surface area contributed by atoms with Crippen LogP contribution in [0.25, 0.3) is 5.65 Å². The van der Waals surface area contributed by atoms with Crippen LogP contribution >= 0.6 is 0 Å². The molecular weight excluding hydrogens is 454 g/mol. The molecule has 2 aromatic heterocycles. The van der Waals surface area contributed by atoms with Gasteiger partial charge in [0, 0.05) is 17.5 Å². The smallest absolute Gasteiger partial charge is 0.228 e. The third-order valence-corrected chi connectivity index (χ3v) is 6.23. The van der Waals surface area contributed by atoms with Gasteiger partial charge in [0.25, 0.3) is 0 Å². The summed E-state index contributed by atoms with van der Waals surface area (Å²) in [5, 5.41) is 18.8. The molecule has 178 valence electrons. The second-order valence-electron chi connectivity index (χ2n) is 8.74. The van der Waals surface area contributed by atoms with E-state index in [1.165, 1.54) is 5.56 Å². The van der Waals surface area contributed by atoms with Crippen LogP contribution in [0.5, 0.6) is 17.4 Å². The molecule has 0 aliphatic carbocycles. The Morgan fingerprint density at radius 3 is 2.69 bits per heavy atom. The van der Waals surface area contributed by atoms with Crippen molar-refractivity contribution in [1.82, 2.24) is 19.6 Å². The van der Waals surface area contributed by atoms with Crippen LogP contribution in [-0.4, -0.2) is 30.4 Å². The monoisotopic (exact) mass is 477 g/mol. The van der Waals surface area contributed by atoms with E-state index >= 15 is 0 Å². The number of ether oxygens (including phenoxy) is 1. The maximum atomic E-state index is 10.0. The summed E-state index contributed by atoms with van der Waals surface area (Å²) in [7, 11) is 0. The molecule has 8 heteroatoms. The summed E-state index contributed by atoms with van der Waals surface area (Å²) in [6.07, 6.45) is 1.57. The first-order valence-electron chi connectivity index (χ1n) is 11.6. The minimum Gasteiger partial charge on any atom is -0.508 e. The molecule has 0 fully saturated rings. The van der Waals surface area contributed by atoms with Crippen LogP contribution < -0.4 is 4.74 Å². The second-order valence-corrected chi connectivity index (χ2v) is 8.74. The zero-order valence-electron chi connectivity index (χ0n) is 19.8. The van der Waals surface area contributed by atoms with Crippen molar-refractivity contribution in [2.24, 2.45) is 5.16 Å². The topological polar surface area (TPSA) is 94.1 Å². The van der Waals surface area contributed by atoms with Crippen molar-refractivity contribution in [2.75, 3.05) is 0 Å². The molecule has 36 heavy (non-hydrogen) atoms. The molecule has 1 N–H and O–H groups in total. The number of rotatable bonds is 5. The largest absolute Gasteiger partial charge is 0.508 e. The highest BCUT2D eigenvalue weighted by molar-refractivity contribution is 5.98. The molecule has 0 spiro atoms. The summed E-state index contributed by atoms with van der Waals surface area (Å²) in [6.45, 7) is 4.06. The van der Waals surface area contributed by atoms with Gasteiger partial charge in [0.15, 0.2) is 18.1 Å². The third-order valence-electron chi connectivity index (χ3n) is 6.23. The molecule has 5 aromatic rings. The Morgan fingerprint density at radius 2 is 1.89 bits per heavy atom. The summed E-state index contributed by atoms with van der Waals surface area (Å²) < 4.78 is 7.73. The van der Waals surface area contributed by atoms with Crippen LogP contribution in [0.1, 0.15) is 46.5 Å². The first-order chi connectivity index (χ1) is 17.6. The van der Waals surface area contributed by atoms with Gasteiger partial charge in [-0.25, -0.2) is 14.5 Å². The molecule has 3 heterocycles. The van der Waals surface area contributed by atoms with E-state index < -0.39 is 0 Å². The average molecular weight is 478 g/mol. The summed E-state index contributed by atoms with van der Waals surface area (Å²) in [6, 6.07) is 23.3. The molecule has 3 aromatic carbocycles. The van der Waals surface area contributed by atoms with Crippen LogP contribution in [0, 0.1) is 6.92 Å². The molecule has 0 unspecified atom stereocenters. The fourth-order valence-corrected chi connectivity index (χ4v) is 4.43. The predicted molar refractivity (Wildman–Crippen MR) is 135 cm³/mol. The Hall–Kier alpha value is -4.72. The molecule has 1 atom stereocenters. The van der Waals surface area contributed by atoms with E-state index in [2.05, 4.69) is 27.4 Å². The van der Waals surface area contributed by atoms with Gasteiger partial charge in [-0.2, -0.15) is 0 Å². The van der Waals surface area contributed by atoms with E-state index in [0.29, 0.717) is 23.1 Å². The minimum atomic E-state index is -0.193. The molecule has 0 saturated heterocycles. The van der Waals surface area contributed by atoms with Gasteiger partial charge in [0.05, 0.1) is 11.3 Å². The van der Waals surface area contributed by atoms with Crippen molar-refractivity contribution < 1.29 is 14.7 Å². The van der Waals surface area contributed by atoms with E-state index in [1.54, 1.807) is 23.0 Å². The van der Waals surface area contributed by atoms with Gasteiger partial charge in [-0.1, -0.05) is 71.4 Å². The molecule has 1 aliphatic heterocycles. The van der Waals surface area contributed by atoms with Gasteiger partial charge in [0.1, 0.15) is 17.8 Å². The lowest BCUT2D eigenvalue weighted by molar-refractivity contribution is 0.125. The van der Waals surface area contributed by atoms with Crippen molar-refractivity contribution in [2.45, 2.75) is 26.4 Å². The maximum absolute atomic E-state index is 10.0. The van der Waals surface area contributed by atoms with E-state index in [9.17, 15) is 5.11 Å². The lowest BCUT2D eigenvalue weighted by atomic mass is 9.84. The maximum Gasteiger partial charge on any atom is 0.228 e. The zero-order valence-corrected chi connectivity index (χ0v) is 19.8. The van der Waals surface area contributed by atoms with Crippen molar-refractivity contribution in [1.29, 1.82) is 0 Å². The van der Waals surface area contributed by atoms with E-state index in [0.717, 1.165) is 28.0 Å². The summed E-state index contributed by atoms with van der Waals surface area (Å²) in [5.41, 5.74) is 6.37. The fraction of sp³-hybridized carbons (Fsp3) is 0.143. The first-order valence-corrected chi connectivity index (χ1v) is 11.6. The number of aromatic hydroxyl groups is 1. The number of hydrogen-bond acceptors (Lipinski definition) is 7. The standard InChI is InChI=1S/C28H23N5O3/c1-17-8-10-19(11-9-17)18(2)32-35-15-24-30-27-26-25(20-6-4-3-5-7-20)22-13-12-21(34)14-23(22)36-28(26)29-16-33(27)31-24/h3-14,16,25,34H,15H2,1-2H3/b32-18+/t25-/m1/s1. The number of aryl methyl sites for hydroxylation is 1. The first kappa shape index (κ1) is 21.8. The fourth-order valence-electron chi connectivity index (χ4n) is 4.43. The van der Waals surface area contributed by atoms with Crippen LogP contribution in [-0.2, 0) is 11.4 Å². The number of aromatic nitrogens is 4. The summed E-state index contributed by atoms with van der Waals surface area (Å²) >= 11 is 0. The van der Waals surface area contributed by atoms with Crippen LogP contribution in [0.15, 0.2) is 84.3 Å². The van der Waals surface area contributed by atoms with Gasteiger partial charge in [-0.05, 0) is 31.0 Å². The highest BCUT2D eigenvalue weighted by atomic mass is 16.6. The zero-order chi connectivity index (χ0) is 24.6. The highest BCUT2D eigenvalue weighted by Crippen LogP contribution is 2.48. The second kappa shape index (κ2) is 8.81. The Morgan fingerprint density at radius 1 is 1.08 bits per heavy atom. The average Bonchev–Trinajstić information content (AvgIpc) is 3.31. The molecule has 0 saturated carbocycles. The lowest BCUT2D eigenvalue weighted by Gasteiger charge is -2.27. The number of oxime groups is 1. The Labute approximate surface area is 207 Å². The number of phenolic OH excluding ortho intramolecular Hbond substituents is 1. The molecule has 0 radical (unpaired) electrons. The summed E-state index contributed by atoms with van der Waals surface area (Å²) in [4.78, 5) is 14.9. The number of nitrogens with zero attached hydrogens (tertiary/aromatic N) is 5. The summed E-state index contributed by atoms with van der Waals surface area (Å²) in [5.74, 6) is 1.42. The third kappa shape index (κ3) is 3.92. The quantitative estimate of drug-likeness (QED) is 0.265. The van der Waals surface area contributed by atoms with Gasteiger partial charge in [-0.3, -0.25) is 0 Å². The van der Waals surface area contributed by atoms with Crippen molar-refractivity contribution in [3.8, 4) is 17.4 Å². The van der Waals surface area contributed by atoms with E-state index in [-0.39, 0.29) is 18.3 Å². The number of hydrogen-bond donors (Lipinski definition) is 1. The highest BCUT2D eigenvalue weighted by Gasteiger charge is 2.33. The van der Waals surface area contributed by atoms with Crippen molar-refractivity contribution >= 4 is 11.4 Å². The number of benzene rings is 3. The van der Waals surface area contributed by atoms with Crippen LogP contribution in [0.3, 0.4) is 0 Å². The van der Waals surface area contributed by atoms with Crippen molar-refractivity contribution in [3.63, 3.8) is 0 Å². The molecule has 6 rings (SSSR count). The molecule has 0 amide bonds. The SMILES string of the molecule is C/C(=N\OCc1nc2c3c(ncn2n1)Oc1cc(O)ccc1[C@H]3c1ccccc1)c1ccc(C)cc1. The van der Waals surface area contributed by atoms with Crippen molar-refractivity contribution in [3.05, 3.63) is 113 Å². The van der Waals surface area contributed by atoms with Gasteiger partial charge >= 0.3 is 0 Å². The van der Waals surface area contributed by atoms with E-state index in [4.69, 9.17) is 14.6 Å². The van der Waals surface area contributed by atoms with Crippen LogP contribution in [0.2, 0.25) is 0 Å². The Balaban J connectivity index is 1.36. The molecule has 0 bridgehead atoms. The Bertz CT molecular complexity index is 1590. The van der Waals surface area contributed by atoms with Gasteiger partial charge in [-0.15, -0.1) is 5.10 Å². The predicted octanol–water partition coefficient (Wildman–Crippen LogP) is 5.37. The number of fused-ring (bicyclic) bond motifs is 4. The molecule has 1 aliphatic rings. The lowest BCUT2D eigenvalue weighted by Crippen LogP contribution is -2.14. The van der Waals surface area contributed by atoms with Gasteiger partial charge < -0.3 is 14.7 Å². The van der Waals surface area contributed by atoms with Crippen LogP contribution in [0.4, 0.5) is 0 Å².